The van der Waals surface area contributed by atoms with Crippen molar-refractivity contribution in [2.75, 3.05) is 18.9 Å². The van der Waals surface area contributed by atoms with Gasteiger partial charge in [0.05, 0.1) is 25.5 Å². The van der Waals surface area contributed by atoms with E-state index in [9.17, 15) is 8.42 Å². The predicted molar refractivity (Wildman–Crippen MR) is 89.2 cm³/mol. The molecule has 0 saturated heterocycles. The summed E-state index contributed by atoms with van der Waals surface area (Å²) in [6.07, 6.45) is 0. The Kier molecular flexibility index (Phi) is 5.13. The minimum absolute atomic E-state index is 0.00213. The zero-order valence-corrected chi connectivity index (χ0v) is 14.7. The standard InChI is InChI=1S/C15H13BrN2O4S/c1-21-13-6-4-11(16)7-15(13)23(19,20)18-12-5-3-10(9-17)14(8-12)22-2/h3-8,18H,1-2H3. The second kappa shape index (κ2) is 6.89. The fourth-order valence-corrected chi connectivity index (χ4v) is 3.68. The summed E-state index contributed by atoms with van der Waals surface area (Å²) in [6.45, 7) is 0. The third kappa shape index (κ3) is 3.75. The molecule has 23 heavy (non-hydrogen) atoms. The van der Waals surface area contributed by atoms with Crippen LogP contribution in [-0.2, 0) is 10.0 Å². The lowest BCUT2D eigenvalue weighted by Crippen LogP contribution is -2.14. The van der Waals surface area contributed by atoms with Gasteiger partial charge in [0.2, 0.25) is 0 Å². The van der Waals surface area contributed by atoms with Crippen LogP contribution < -0.4 is 14.2 Å². The molecule has 0 atom stereocenters. The molecule has 0 radical (unpaired) electrons. The van der Waals surface area contributed by atoms with Crippen LogP contribution in [0.3, 0.4) is 0 Å². The number of anilines is 1. The fraction of sp³-hybridized carbons (Fsp3) is 0.133. The van der Waals surface area contributed by atoms with Gasteiger partial charge in [-0.2, -0.15) is 5.26 Å². The van der Waals surface area contributed by atoms with E-state index in [-0.39, 0.29) is 22.1 Å². The summed E-state index contributed by atoms with van der Waals surface area (Å²) >= 11 is 3.24. The van der Waals surface area contributed by atoms with E-state index in [1.807, 2.05) is 6.07 Å². The van der Waals surface area contributed by atoms with Gasteiger partial charge in [0.15, 0.2) is 0 Å². The van der Waals surface area contributed by atoms with E-state index >= 15 is 0 Å². The molecule has 1 N–H and O–H groups in total. The number of benzene rings is 2. The quantitative estimate of drug-likeness (QED) is 0.838. The number of nitrogens with one attached hydrogen (secondary N) is 1. The van der Waals surface area contributed by atoms with Crippen molar-refractivity contribution in [3.8, 4) is 17.6 Å². The maximum atomic E-state index is 12.6. The van der Waals surface area contributed by atoms with E-state index in [1.54, 1.807) is 12.1 Å². The molecule has 0 aliphatic heterocycles. The van der Waals surface area contributed by atoms with Gasteiger partial charge in [-0.1, -0.05) is 15.9 Å². The van der Waals surface area contributed by atoms with Crippen molar-refractivity contribution in [2.45, 2.75) is 4.90 Å². The zero-order chi connectivity index (χ0) is 17.0. The monoisotopic (exact) mass is 396 g/mol. The topological polar surface area (TPSA) is 88.4 Å². The Bertz CT molecular complexity index is 876. The Morgan fingerprint density at radius 2 is 1.78 bits per heavy atom. The van der Waals surface area contributed by atoms with Crippen LogP contribution in [-0.4, -0.2) is 22.6 Å². The lowest BCUT2D eigenvalue weighted by Gasteiger charge is -2.13. The summed E-state index contributed by atoms with van der Waals surface area (Å²) in [5.41, 5.74) is 0.596. The maximum Gasteiger partial charge on any atom is 0.265 e. The van der Waals surface area contributed by atoms with Gasteiger partial charge in [-0.3, -0.25) is 4.72 Å². The number of hydrogen-bond donors (Lipinski definition) is 1. The van der Waals surface area contributed by atoms with Crippen molar-refractivity contribution < 1.29 is 17.9 Å². The highest BCUT2D eigenvalue weighted by Crippen LogP contribution is 2.30. The number of nitriles is 1. The molecular formula is C15H13BrN2O4S. The van der Waals surface area contributed by atoms with Crippen molar-refractivity contribution >= 4 is 31.6 Å². The Hall–Kier alpha value is -2.24. The lowest BCUT2D eigenvalue weighted by atomic mass is 10.2. The molecule has 0 aliphatic carbocycles. The summed E-state index contributed by atoms with van der Waals surface area (Å²) < 4.78 is 38.4. The van der Waals surface area contributed by atoms with Crippen LogP contribution in [0.25, 0.3) is 0 Å². The van der Waals surface area contributed by atoms with Crippen LogP contribution in [0.1, 0.15) is 5.56 Å². The predicted octanol–water partition coefficient (Wildman–Crippen LogP) is 3.14. The zero-order valence-electron chi connectivity index (χ0n) is 12.3. The Morgan fingerprint density at radius 3 is 2.39 bits per heavy atom. The first-order valence-electron chi connectivity index (χ1n) is 6.35. The van der Waals surface area contributed by atoms with Crippen molar-refractivity contribution in [1.82, 2.24) is 0 Å². The van der Waals surface area contributed by atoms with Gasteiger partial charge in [-0.25, -0.2) is 8.42 Å². The molecule has 120 valence electrons. The SMILES string of the molecule is COc1cc(NS(=O)(=O)c2cc(Br)ccc2OC)ccc1C#N. The summed E-state index contributed by atoms with van der Waals surface area (Å²) in [6, 6.07) is 11.1. The summed E-state index contributed by atoms with van der Waals surface area (Å²) in [4.78, 5) is -0.00213. The van der Waals surface area contributed by atoms with Crippen LogP contribution in [0, 0.1) is 11.3 Å². The molecule has 0 aromatic heterocycles. The molecule has 0 aliphatic rings. The molecule has 0 fully saturated rings. The largest absolute Gasteiger partial charge is 0.495 e. The van der Waals surface area contributed by atoms with Gasteiger partial charge < -0.3 is 9.47 Å². The van der Waals surface area contributed by atoms with Gasteiger partial charge in [0.25, 0.3) is 10.0 Å². The molecule has 0 bridgehead atoms. The molecule has 0 spiro atoms. The third-order valence-corrected chi connectivity index (χ3v) is 4.89. The van der Waals surface area contributed by atoms with Gasteiger partial charge in [0, 0.05) is 10.5 Å². The fourth-order valence-electron chi connectivity index (χ4n) is 1.92. The van der Waals surface area contributed by atoms with Gasteiger partial charge in [-0.05, 0) is 30.3 Å². The third-order valence-electron chi connectivity index (χ3n) is 2.99. The van der Waals surface area contributed by atoms with E-state index in [1.165, 1.54) is 38.5 Å². The average molecular weight is 397 g/mol. The minimum atomic E-state index is -3.87. The summed E-state index contributed by atoms with van der Waals surface area (Å²) in [7, 11) is -1.06. The molecule has 0 unspecified atom stereocenters. The molecule has 0 saturated carbocycles. The number of rotatable bonds is 5. The molecule has 6 nitrogen and oxygen atoms in total. The molecule has 0 heterocycles. The molecular weight excluding hydrogens is 384 g/mol. The maximum absolute atomic E-state index is 12.6. The lowest BCUT2D eigenvalue weighted by molar-refractivity contribution is 0.403. The van der Waals surface area contributed by atoms with Crippen molar-refractivity contribution in [3.05, 3.63) is 46.4 Å². The highest BCUT2D eigenvalue weighted by Gasteiger charge is 2.20. The van der Waals surface area contributed by atoms with Gasteiger partial charge >= 0.3 is 0 Å². The number of hydrogen-bond acceptors (Lipinski definition) is 5. The van der Waals surface area contributed by atoms with E-state index in [4.69, 9.17) is 14.7 Å². The number of nitrogens with zero attached hydrogens (tertiary/aromatic N) is 1. The van der Waals surface area contributed by atoms with Crippen molar-refractivity contribution in [2.24, 2.45) is 0 Å². The average Bonchev–Trinajstić information content (AvgIpc) is 2.54. The van der Waals surface area contributed by atoms with Gasteiger partial charge in [-0.15, -0.1) is 0 Å². The molecule has 8 heteroatoms. The van der Waals surface area contributed by atoms with Crippen LogP contribution in [0.2, 0.25) is 0 Å². The van der Waals surface area contributed by atoms with Crippen LogP contribution in [0.5, 0.6) is 11.5 Å². The van der Waals surface area contributed by atoms with Crippen molar-refractivity contribution in [1.29, 1.82) is 5.26 Å². The number of ether oxygens (including phenoxy) is 2. The van der Waals surface area contributed by atoms with Crippen molar-refractivity contribution in [3.63, 3.8) is 0 Å². The highest BCUT2D eigenvalue weighted by atomic mass is 79.9. The highest BCUT2D eigenvalue weighted by molar-refractivity contribution is 9.10. The van der Waals surface area contributed by atoms with Crippen LogP contribution >= 0.6 is 15.9 Å². The molecule has 2 aromatic carbocycles. The minimum Gasteiger partial charge on any atom is -0.495 e. The smallest absolute Gasteiger partial charge is 0.265 e. The Balaban J connectivity index is 2.43. The van der Waals surface area contributed by atoms with E-state index in [2.05, 4.69) is 20.7 Å². The van der Waals surface area contributed by atoms with E-state index < -0.39 is 10.0 Å². The van der Waals surface area contributed by atoms with Crippen LogP contribution in [0.15, 0.2) is 45.8 Å². The summed E-state index contributed by atoms with van der Waals surface area (Å²) in [5, 5.41) is 8.96. The number of halogens is 1. The number of methoxy groups -OCH3 is 2. The first-order chi connectivity index (χ1) is 10.9. The van der Waals surface area contributed by atoms with E-state index in [0.717, 1.165) is 0 Å². The van der Waals surface area contributed by atoms with Crippen LogP contribution in [0.4, 0.5) is 5.69 Å². The Labute approximate surface area is 142 Å². The Morgan fingerprint density at radius 1 is 1.09 bits per heavy atom. The second-order valence-electron chi connectivity index (χ2n) is 4.43. The molecule has 2 rings (SSSR count). The number of sulfonamides is 1. The first kappa shape index (κ1) is 17.1. The first-order valence-corrected chi connectivity index (χ1v) is 8.63. The normalized spacial score (nSPS) is 10.7. The van der Waals surface area contributed by atoms with Gasteiger partial charge in [0.1, 0.15) is 22.5 Å². The summed E-state index contributed by atoms with van der Waals surface area (Å²) in [5.74, 6) is 0.509. The van der Waals surface area contributed by atoms with E-state index in [0.29, 0.717) is 10.0 Å². The molecule has 0 amide bonds. The molecule has 2 aromatic rings. The second-order valence-corrected chi connectivity index (χ2v) is 6.99.